The minimum absolute atomic E-state index is 0.146. The first kappa shape index (κ1) is 23.7. The van der Waals surface area contributed by atoms with Gasteiger partial charge in [0.1, 0.15) is 11.2 Å². The zero-order chi connectivity index (χ0) is 25.3. The third kappa shape index (κ3) is 4.26. The zero-order valence-electron chi connectivity index (χ0n) is 21.0. The number of anilines is 2. The Morgan fingerprint density at radius 3 is 2.17 bits per heavy atom. The molecule has 1 aliphatic carbocycles. The Balaban J connectivity index is 1.62. The Kier molecular flexibility index (Phi) is 6.31. The molecule has 5 heteroatoms. The second-order valence-electron chi connectivity index (χ2n) is 9.82. The fourth-order valence-corrected chi connectivity index (χ4v) is 5.31. The summed E-state index contributed by atoms with van der Waals surface area (Å²) >= 11 is 0. The van der Waals surface area contributed by atoms with Gasteiger partial charge in [0.2, 0.25) is 0 Å². The van der Waals surface area contributed by atoms with E-state index in [0.717, 1.165) is 46.1 Å². The lowest BCUT2D eigenvalue weighted by atomic mass is 9.91. The highest BCUT2D eigenvalue weighted by atomic mass is 16.2. The van der Waals surface area contributed by atoms with Gasteiger partial charge in [-0.3, -0.25) is 14.5 Å². The van der Waals surface area contributed by atoms with Crippen molar-refractivity contribution in [3.63, 3.8) is 0 Å². The first-order valence-corrected chi connectivity index (χ1v) is 12.5. The van der Waals surface area contributed by atoms with Gasteiger partial charge < -0.3 is 5.32 Å². The van der Waals surface area contributed by atoms with Gasteiger partial charge in [0.15, 0.2) is 0 Å². The molecular weight excluding hydrogens is 446 g/mol. The van der Waals surface area contributed by atoms with Gasteiger partial charge in [-0.2, -0.15) is 0 Å². The summed E-state index contributed by atoms with van der Waals surface area (Å²) in [4.78, 5) is 34.8. The molecule has 4 aromatic rings. The number of amides is 2. The van der Waals surface area contributed by atoms with Crippen LogP contribution in [0.2, 0.25) is 0 Å². The summed E-state index contributed by atoms with van der Waals surface area (Å²) in [5.74, 6) is -0.407. The number of aromatic nitrogens is 1. The molecule has 5 nitrogen and oxygen atoms in total. The van der Waals surface area contributed by atoms with Gasteiger partial charge in [0.25, 0.3) is 11.8 Å². The van der Waals surface area contributed by atoms with Crippen molar-refractivity contribution in [2.24, 2.45) is 0 Å². The van der Waals surface area contributed by atoms with E-state index in [2.05, 4.69) is 5.32 Å². The molecule has 1 aliphatic rings. The van der Waals surface area contributed by atoms with E-state index in [1.807, 2.05) is 93.6 Å². The molecule has 0 unspecified atom stereocenters. The monoisotopic (exact) mass is 477 g/mol. The van der Waals surface area contributed by atoms with Crippen molar-refractivity contribution in [2.45, 2.75) is 52.0 Å². The van der Waals surface area contributed by atoms with E-state index in [4.69, 9.17) is 4.98 Å². The summed E-state index contributed by atoms with van der Waals surface area (Å²) in [6, 6.07) is 25.2. The van der Waals surface area contributed by atoms with E-state index in [9.17, 15) is 9.59 Å². The summed E-state index contributed by atoms with van der Waals surface area (Å²) in [5, 5.41) is 4.18. The highest BCUT2D eigenvalue weighted by Crippen LogP contribution is 2.41. The average molecular weight is 478 g/mol. The molecule has 0 atom stereocenters. The predicted octanol–water partition coefficient (Wildman–Crippen LogP) is 6.76. The third-order valence-corrected chi connectivity index (χ3v) is 7.31. The van der Waals surface area contributed by atoms with Crippen LogP contribution in [0.1, 0.15) is 52.9 Å². The van der Waals surface area contributed by atoms with E-state index < -0.39 is 5.54 Å². The van der Waals surface area contributed by atoms with Crippen LogP contribution in [0.3, 0.4) is 0 Å². The van der Waals surface area contributed by atoms with Crippen LogP contribution in [0.15, 0.2) is 78.9 Å². The molecule has 0 aliphatic heterocycles. The molecule has 1 fully saturated rings. The quantitative estimate of drug-likeness (QED) is 0.345. The van der Waals surface area contributed by atoms with Crippen molar-refractivity contribution in [1.82, 2.24) is 4.98 Å². The molecule has 0 radical (unpaired) electrons. The number of pyridine rings is 1. The van der Waals surface area contributed by atoms with Gasteiger partial charge in [-0.1, -0.05) is 73.0 Å². The average Bonchev–Trinajstić information content (AvgIpc) is 3.38. The number of nitrogens with one attached hydrogen (secondary N) is 1. The zero-order valence-corrected chi connectivity index (χ0v) is 21.0. The number of hydrogen-bond acceptors (Lipinski definition) is 3. The van der Waals surface area contributed by atoms with Crippen LogP contribution in [-0.2, 0) is 4.79 Å². The Morgan fingerprint density at radius 1 is 0.806 bits per heavy atom. The minimum Gasteiger partial charge on any atom is -0.324 e. The van der Waals surface area contributed by atoms with Gasteiger partial charge in [0, 0.05) is 16.8 Å². The number of carbonyl (C=O) groups is 2. The van der Waals surface area contributed by atoms with Crippen LogP contribution < -0.4 is 10.2 Å². The molecule has 0 spiro atoms. The van der Waals surface area contributed by atoms with E-state index in [0.29, 0.717) is 24.2 Å². The Labute approximate surface area is 212 Å². The molecule has 1 aromatic heterocycles. The van der Waals surface area contributed by atoms with Crippen molar-refractivity contribution in [3.8, 4) is 0 Å². The lowest BCUT2D eigenvalue weighted by Gasteiger charge is -2.40. The molecule has 1 N–H and O–H groups in total. The Hall–Kier alpha value is -3.99. The van der Waals surface area contributed by atoms with Crippen LogP contribution >= 0.6 is 0 Å². The smallest absolute Gasteiger partial charge is 0.277 e. The van der Waals surface area contributed by atoms with Crippen LogP contribution in [0.5, 0.6) is 0 Å². The molecular formula is C31H31N3O2. The normalized spacial score (nSPS) is 14.5. The maximum absolute atomic E-state index is 14.2. The number of rotatable bonds is 5. The molecule has 1 saturated carbocycles. The first-order chi connectivity index (χ1) is 17.4. The minimum atomic E-state index is -1.01. The van der Waals surface area contributed by atoms with Crippen LogP contribution in [0.25, 0.3) is 10.9 Å². The summed E-state index contributed by atoms with van der Waals surface area (Å²) in [5.41, 5.74) is 4.70. The lowest BCUT2D eigenvalue weighted by Crippen LogP contribution is -2.58. The number of fused-ring (bicyclic) bond motifs is 1. The molecule has 0 saturated heterocycles. The Morgan fingerprint density at radius 2 is 1.47 bits per heavy atom. The molecule has 0 bridgehead atoms. The van der Waals surface area contributed by atoms with Gasteiger partial charge in [-0.05, 0) is 69.0 Å². The largest absolute Gasteiger partial charge is 0.324 e. The number of para-hydroxylation sites is 2. The van der Waals surface area contributed by atoms with E-state index in [1.54, 1.807) is 11.0 Å². The topological polar surface area (TPSA) is 62.3 Å². The maximum atomic E-state index is 14.2. The highest BCUT2D eigenvalue weighted by molar-refractivity contribution is 6.13. The molecule has 3 aromatic carbocycles. The van der Waals surface area contributed by atoms with Crippen molar-refractivity contribution in [2.75, 3.05) is 10.2 Å². The van der Waals surface area contributed by atoms with Crippen LogP contribution in [-0.4, -0.2) is 22.3 Å². The number of aryl methyl sites for hydroxylation is 3. The fourth-order valence-electron chi connectivity index (χ4n) is 5.31. The van der Waals surface area contributed by atoms with Crippen LogP contribution in [0, 0.1) is 20.8 Å². The van der Waals surface area contributed by atoms with Crippen LogP contribution in [0.4, 0.5) is 11.4 Å². The molecule has 2 amide bonds. The first-order valence-electron chi connectivity index (χ1n) is 12.5. The highest BCUT2D eigenvalue weighted by Gasteiger charge is 2.49. The molecule has 182 valence electrons. The molecule has 36 heavy (non-hydrogen) atoms. The number of nitrogens with zero attached hydrogens (tertiary/aromatic N) is 2. The summed E-state index contributed by atoms with van der Waals surface area (Å²) in [6.07, 6.45) is 2.94. The number of carbonyl (C=O) groups excluding carboxylic acids is 2. The number of hydrogen-bond donors (Lipinski definition) is 1. The van der Waals surface area contributed by atoms with E-state index >= 15 is 0 Å². The van der Waals surface area contributed by atoms with E-state index in [-0.39, 0.29) is 11.8 Å². The van der Waals surface area contributed by atoms with E-state index in [1.165, 1.54) is 0 Å². The second-order valence-corrected chi connectivity index (χ2v) is 9.82. The third-order valence-electron chi connectivity index (χ3n) is 7.31. The summed E-state index contributed by atoms with van der Waals surface area (Å²) in [6.45, 7) is 6.00. The van der Waals surface area contributed by atoms with Gasteiger partial charge in [-0.25, -0.2) is 4.98 Å². The predicted molar refractivity (Wildman–Crippen MR) is 145 cm³/mol. The van der Waals surface area contributed by atoms with Crippen molar-refractivity contribution in [3.05, 3.63) is 101 Å². The van der Waals surface area contributed by atoms with Gasteiger partial charge >= 0.3 is 0 Å². The molecule has 5 rings (SSSR count). The van der Waals surface area contributed by atoms with Gasteiger partial charge in [-0.15, -0.1) is 0 Å². The second kappa shape index (κ2) is 9.57. The molecule has 1 heterocycles. The van der Waals surface area contributed by atoms with Crippen molar-refractivity contribution >= 4 is 34.1 Å². The SMILES string of the molecule is Cc1ccc(N(C(=O)c2ccc3ccccc3n2)C2(C(=O)Nc3c(C)cccc3C)CCCC2)cc1. The summed E-state index contributed by atoms with van der Waals surface area (Å²) in [7, 11) is 0. The fraction of sp³-hybridized carbons (Fsp3) is 0.258. The maximum Gasteiger partial charge on any atom is 0.277 e. The Bertz CT molecular complexity index is 1420. The van der Waals surface area contributed by atoms with Gasteiger partial charge in [0.05, 0.1) is 5.52 Å². The summed E-state index contributed by atoms with van der Waals surface area (Å²) < 4.78 is 0. The van der Waals surface area contributed by atoms with Crippen molar-refractivity contribution in [1.29, 1.82) is 0 Å². The lowest BCUT2D eigenvalue weighted by molar-refractivity contribution is -0.121. The standard InChI is InChI=1S/C31H31N3O2/c1-21-13-16-25(17-14-21)34(29(35)27-18-15-24-11-4-5-12-26(24)32-27)31(19-6-7-20-31)30(36)33-28-22(2)9-8-10-23(28)3/h4-5,8-18H,6-7,19-20H2,1-3H3,(H,33,36). The van der Waals surface area contributed by atoms with Crippen molar-refractivity contribution < 1.29 is 9.59 Å². The number of benzene rings is 3.